The molecule has 0 aliphatic heterocycles. The number of nitrogens with zero attached hydrogens (tertiary/aromatic N) is 1. The molecule has 34 heavy (non-hydrogen) atoms. The van der Waals surface area contributed by atoms with Gasteiger partial charge in [-0.05, 0) is 54.7 Å². The number of anilines is 1. The summed E-state index contributed by atoms with van der Waals surface area (Å²) in [5, 5.41) is 5.56. The van der Waals surface area contributed by atoms with Crippen molar-refractivity contribution in [2.45, 2.75) is 18.8 Å². The molecule has 0 unspecified atom stereocenters. The molecule has 1 aromatic heterocycles. The summed E-state index contributed by atoms with van der Waals surface area (Å²) < 4.78 is 46.1. The maximum absolute atomic E-state index is 13.5. The van der Waals surface area contributed by atoms with Crippen molar-refractivity contribution in [3.05, 3.63) is 53.3 Å². The van der Waals surface area contributed by atoms with E-state index >= 15 is 0 Å². The zero-order valence-corrected chi connectivity index (χ0v) is 19.5. The number of halogens is 1. The number of nitrogens with one attached hydrogen (secondary N) is 2. The molecule has 0 spiro atoms. The highest BCUT2D eigenvalue weighted by atomic mass is 32.2. The molecule has 1 aliphatic carbocycles. The molecule has 180 valence electrons. The van der Waals surface area contributed by atoms with Crippen LogP contribution in [-0.4, -0.2) is 46.7 Å². The molecule has 4 rings (SSSR count). The number of carbonyl (C=O) groups is 2. The predicted molar refractivity (Wildman–Crippen MR) is 127 cm³/mol. The molecule has 2 aromatic carbocycles. The number of furan rings is 1. The summed E-state index contributed by atoms with van der Waals surface area (Å²) in [6.07, 6.45) is 2.85. The van der Waals surface area contributed by atoms with Gasteiger partial charge in [-0.1, -0.05) is 0 Å². The molecule has 0 atom stereocenters. The van der Waals surface area contributed by atoms with Crippen LogP contribution in [0.2, 0.25) is 0 Å². The number of fused-ring (bicyclic) bond motifs is 1. The van der Waals surface area contributed by atoms with Gasteiger partial charge in [-0.2, -0.15) is 0 Å². The average molecular weight is 489 g/mol. The van der Waals surface area contributed by atoms with Gasteiger partial charge in [-0.25, -0.2) is 17.6 Å². The Kier molecular flexibility index (Phi) is 6.22. The normalized spacial score (nSPS) is 13.6. The van der Waals surface area contributed by atoms with Crippen molar-refractivity contribution >= 4 is 38.6 Å². The number of benzene rings is 2. The molecule has 1 heterocycles. The quantitative estimate of drug-likeness (QED) is 0.448. The van der Waals surface area contributed by atoms with Crippen LogP contribution in [0.25, 0.3) is 22.3 Å². The summed E-state index contributed by atoms with van der Waals surface area (Å²) in [5.74, 6) is -0.407. The van der Waals surface area contributed by atoms with Gasteiger partial charge >= 0.3 is 6.03 Å². The number of carbonyl (C=O) groups excluding carboxylic acids is 2. The van der Waals surface area contributed by atoms with E-state index in [9.17, 15) is 22.4 Å². The summed E-state index contributed by atoms with van der Waals surface area (Å²) in [5.41, 5.74) is 7.43. The Bertz CT molecular complexity index is 1360. The standard InChI is InChI=1S/C23H25FN4O5S/c1-26-22(29)20-17-11-16(13-3-4-13)18(28(34(2,31)32)10-9-27-23(25)30)12-19(17)33-21(20)14-5-7-15(24)8-6-14/h5-8,11-13H,3-4,9-10H2,1-2H3,(H,26,29)(H3,25,27,30). The van der Waals surface area contributed by atoms with Crippen molar-refractivity contribution in [3.8, 4) is 11.3 Å². The molecule has 1 fully saturated rings. The second kappa shape index (κ2) is 8.98. The topological polar surface area (TPSA) is 135 Å². The summed E-state index contributed by atoms with van der Waals surface area (Å²) in [6, 6.07) is 8.22. The third-order valence-corrected chi connectivity index (χ3v) is 6.88. The van der Waals surface area contributed by atoms with Gasteiger partial charge in [0.15, 0.2) is 0 Å². The first-order valence-corrected chi connectivity index (χ1v) is 12.5. The SMILES string of the molecule is CNC(=O)c1c(-c2ccc(F)cc2)oc2cc(N(CCNC(N)=O)S(C)(=O)=O)c(C3CC3)cc12. The van der Waals surface area contributed by atoms with Crippen LogP contribution < -0.4 is 20.7 Å². The van der Waals surface area contributed by atoms with Crippen LogP contribution in [0.1, 0.15) is 34.7 Å². The van der Waals surface area contributed by atoms with E-state index in [2.05, 4.69) is 10.6 Å². The Labute approximate surface area is 196 Å². The molecule has 0 saturated heterocycles. The molecule has 3 amide bonds. The molecule has 0 bridgehead atoms. The van der Waals surface area contributed by atoms with Gasteiger partial charge in [0.2, 0.25) is 10.0 Å². The fraction of sp³-hybridized carbons (Fsp3) is 0.304. The number of amides is 3. The Morgan fingerprint density at radius 2 is 1.88 bits per heavy atom. The zero-order chi connectivity index (χ0) is 24.6. The van der Waals surface area contributed by atoms with Crippen molar-refractivity contribution in [1.29, 1.82) is 0 Å². The zero-order valence-electron chi connectivity index (χ0n) is 18.7. The second-order valence-corrected chi connectivity index (χ2v) is 10.1. The summed E-state index contributed by atoms with van der Waals surface area (Å²) in [6.45, 7) is -0.00610. The average Bonchev–Trinajstić information content (AvgIpc) is 3.55. The third-order valence-electron chi connectivity index (χ3n) is 5.70. The van der Waals surface area contributed by atoms with E-state index in [0.29, 0.717) is 27.8 Å². The Morgan fingerprint density at radius 1 is 1.21 bits per heavy atom. The molecular formula is C23H25FN4O5S. The van der Waals surface area contributed by atoms with Crippen molar-refractivity contribution in [2.75, 3.05) is 30.7 Å². The monoisotopic (exact) mass is 488 g/mol. The van der Waals surface area contributed by atoms with Crippen LogP contribution in [0.15, 0.2) is 40.8 Å². The molecule has 1 aliphatic rings. The van der Waals surface area contributed by atoms with Gasteiger partial charge in [0, 0.05) is 30.6 Å². The molecular weight excluding hydrogens is 463 g/mol. The lowest BCUT2D eigenvalue weighted by atomic mass is 10.0. The molecule has 3 aromatic rings. The highest BCUT2D eigenvalue weighted by Crippen LogP contribution is 2.48. The first kappa shape index (κ1) is 23.6. The smallest absolute Gasteiger partial charge is 0.312 e. The number of primary amides is 1. The first-order chi connectivity index (χ1) is 16.1. The largest absolute Gasteiger partial charge is 0.455 e. The van der Waals surface area contributed by atoms with Gasteiger partial charge in [0.25, 0.3) is 5.91 Å². The summed E-state index contributed by atoms with van der Waals surface area (Å²) in [7, 11) is -2.21. The fourth-order valence-corrected chi connectivity index (χ4v) is 4.93. The van der Waals surface area contributed by atoms with E-state index in [0.717, 1.165) is 24.7 Å². The number of urea groups is 1. The summed E-state index contributed by atoms with van der Waals surface area (Å²) in [4.78, 5) is 23.9. The maximum Gasteiger partial charge on any atom is 0.312 e. The molecule has 0 radical (unpaired) electrons. The van der Waals surface area contributed by atoms with Crippen LogP contribution in [0.4, 0.5) is 14.9 Å². The molecule has 11 heteroatoms. The van der Waals surface area contributed by atoms with E-state index in [4.69, 9.17) is 10.2 Å². The number of hydrogen-bond donors (Lipinski definition) is 3. The number of rotatable bonds is 8. The van der Waals surface area contributed by atoms with Crippen LogP contribution >= 0.6 is 0 Å². The maximum atomic E-state index is 13.5. The van der Waals surface area contributed by atoms with Crippen molar-refractivity contribution in [3.63, 3.8) is 0 Å². The lowest BCUT2D eigenvalue weighted by molar-refractivity contribution is 0.0964. The lowest BCUT2D eigenvalue weighted by Gasteiger charge is -2.25. The second-order valence-electron chi connectivity index (χ2n) is 8.20. The van der Waals surface area contributed by atoms with E-state index in [-0.39, 0.29) is 30.7 Å². The highest BCUT2D eigenvalue weighted by Gasteiger charge is 2.33. The van der Waals surface area contributed by atoms with Gasteiger partial charge in [-0.3, -0.25) is 9.10 Å². The van der Waals surface area contributed by atoms with E-state index in [1.807, 2.05) is 0 Å². The van der Waals surface area contributed by atoms with Crippen LogP contribution in [-0.2, 0) is 10.0 Å². The highest BCUT2D eigenvalue weighted by molar-refractivity contribution is 7.92. The summed E-state index contributed by atoms with van der Waals surface area (Å²) >= 11 is 0. The predicted octanol–water partition coefficient (Wildman–Crippen LogP) is 2.91. The Morgan fingerprint density at radius 3 is 2.44 bits per heavy atom. The minimum atomic E-state index is -3.72. The third kappa shape index (κ3) is 4.69. The Balaban J connectivity index is 1.92. The van der Waals surface area contributed by atoms with E-state index < -0.39 is 21.9 Å². The molecule has 1 saturated carbocycles. The minimum Gasteiger partial charge on any atom is -0.455 e. The van der Waals surface area contributed by atoms with Crippen molar-refractivity contribution in [2.24, 2.45) is 5.73 Å². The van der Waals surface area contributed by atoms with Gasteiger partial charge in [-0.15, -0.1) is 0 Å². The van der Waals surface area contributed by atoms with Gasteiger partial charge in [0.05, 0.1) is 24.1 Å². The number of hydrogen-bond acceptors (Lipinski definition) is 5. The number of sulfonamides is 1. The minimum absolute atomic E-state index is 0.0209. The molecule has 9 nitrogen and oxygen atoms in total. The van der Waals surface area contributed by atoms with E-state index in [1.165, 1.54) is 35.6 Å². The van der Waals surface area contributed by atoms with Crippen LogP contribution in [0.3, 0.4) is 0 Å². The first-order valence-electron chi connectivity index (χ1n) is 10.7. The number of nitrogens with two attached hydrogens (primary N) is 1. The fourth-order valence-electron chi connectivity index (χ4n) is 3.99. The van der Waals surface area contributed by atoms with Gasteiger partial charge < -0.3 is 20.8 Å². The van der Waals surface area contributed by atoms with Crippen LogP contribution in [0.5, 0.6) is 0 Å². The lowest BCUT2D eigenvalue weighted by Crippen LogP contribution is -2.40. The van der Waals surface area contributed by atoms with Crippen molar-refractivity contribution < 1.29 is 26.8 Å². The van der Waals surface area contributed by atoms with E-state index in [1.54, 1.807) is 12.1 Å². The molecule has 4 N–H and O–H groups in total. The van der Waals surface area contributed by atoms with Gasteiger partial charge in [0.1, 0.15) is 17.2 Å². The van der Waals surface area contributed by atoms with Crippen molar-refractivity contribution in [1.82, 2.24) is 10.6 Å². The van der Waals surface area contributed by atoms with Crippen LogP contribution in [0, 0.1) is 5.82 Å². The Hall–Kier alpha value is -3.60.